The van der Waals surface area contributed by atoms with Crippen LogP contribution >= 0.6 is 0 Å². The van der Waals surface area contributed by atoms with Crippen molar-refractivity contribution in [1.29, 1.82) is 0 Å². The predicted molar refractivity (Wildman–Crippen MR) is 41.9 cm³/mol. The first kappa shape index (κ1) is 9.70. The Hall–Kier alpha value is -1.30. The normalized spacial score (nSPS) is 9.45. The molecule has 0 aliphatic carbocycles. The van der Waals surface area contributed by atoms with Crippen LogP contribution in [0.1, 0.15) is 13.3 Å². The zero-order valence-corrected chi connectivity index (χ0v) is 6.54. The van der Waals surface area contributed by atoms with Gasteiger partial charge >= 0.3 is 12.5 Å². The number of allylic oxidation sites excluding steroid dienone is 1. The average molecular weight is 153 g/mol. The number of rotatable bonds is 4. The summed E-state index contributed by atoms with van der Waals surface area (Å²) < 4.78 is 4.65. The van der Waals surface area contributed by atoms with E-state index >= 15 is 0 Å². The van der Waals surface area contributed by atoms with Crippen molar-refractivity contribution in [2.45, 2.75) is 13.3 Å². The van der Waals surface area contributed by atoms with E-state index in [2.05, 4.69) is 9.58 Å². The summed E-state index contributed by atoms with van der Waals surface area (Å²) in [6, 6.07) is 0. The minimum absolute atomic E-state index is 0.181. The van der Waals surface area contributed by atoms with Gasteiger partial charge in [0, 0.05) is 0 Å². The second-order valence-corrected chi connectivity index (χ2v) is 1.88. The largest absolute Gasteiger partial charge is 0.456 e. The number of hydrogen-bond donors (Lipinski definition) is 0. The monoisotopic (exact) mass is 153 g/mol. The molecule has 0 spiro atoms. The van der Waals surface area contributed by atoms with E-state index in [1.807, 2.05) is 13.0 Å². The third kappa shape index (κ3) is 6.59. The topological polar surface area (TPSA) is 30.7 Å². The lowest BCUT2D eigenvalue weighted by Gasteiger charge is -1.93. The first-order valence-electron chi connectivity index (χ1n) is 3.45. The smallest absolute Gasteiger partial charge is 0.387 e. The van der Waals surface area contributed by atoms with E-state index in [1.165, 1.54) is 0 Å². The summed E-state index contributed by atoms with van der Waals surface area (Å²) in [5, 5.41) is 0. The Morgan fingerprint density at radius 1 is 1.64 bits per heavy atom. The Kier molecular flexibility index (Phi) is 6.01. The molecular formula is C8H11NO2. The zero-order chi connectivity index (χ0) is 8.53. The molecule has 0 N–H and O–H groups in total. The van der Waals surface area contributed by atoms with Crippen molar-refractivity contribution in [2.75, 3.05) is 13.2 Å². The van der Waals surface area contributed by atoms with Crippen LogP contribution in [0.25, 0.3) is 4.85 Å². The molecule has 0 aliphatic heterocycles. The van der Waals surface area contributed by atoms with Crippen molar-refractivity contribution in [3.63, 3.8) is 0 Å². The van der Waals surface area contributed by atoms with Crippen molar-refractivity contribution < 1.29 is 9.53 Å². The van der Waals surface area contributed by atoms with Crippen LogP contribution in [-0.2, 0) is 9.53 Å². The van der Waals surface area contributed by atoms with Gasteiger partial charge in [-0.2, -0.15) is 0 Å². The van der Waals surface area contributed by atoms with Crippen molar-refractivity contribution in [1.82, 2.24) is 0 Å². The van der Waals surface area contributed by atoms with Crippen LogP contribution in [0.2, 0.25) is 0 Å². The fourth-order valence-electron chi connectivity index (χ4n) is 0.486. The Bertz CT molecular complexity index is 179. The van der Waals surface area contributed by atoms with Crippen molar-refractivity contribution in [3.05, 3.63) is 23.6 Å². The standard InChI is InChI=1S/C8H11NO2/c1-3-4-5-6-11-8(10)7-9-2/h4-5H,3,6-7H2,1H3/b5-4+. The maximum absolute atomic E-state index is 10.5. The van der Waals surface area contributed by atoms with Gasteiger partial charge in [0.1, 0.15) is 6.61 Å². The Balaban J connectivity index is 3.33. The molecule has 0 aliphatic rings. The molecule has 0 atom stereocenters. The summed E-state index contributed by atoms with van der Waals surface area (Å²) in [7, 11) is 0. The van der Waals surface area contributed by atoms with E-state index in [4.69, 9.17) is 6.57 Å². The molecular weight excluding hydrogens is 142 g/mol. The molecule has 0 heterocycles. The number of carbonyl (C=O) groups excluding carboxylic acids is 1. The molecule has 0 amide bonds. The van der Waals surface area contributed by atoms with E-state index in [1.54, 1.807) is 6.08 Å². The second-order valence-electron chi connectivity index (χ2n) is 1.88. The third-order valence-electron chi connectivity index (χ3n) is 0.951. The number of hydrogen-bond acceptors (Lipinski definition) is 2. The first-order valence-corrected chi connectivity index (χ1v) is 3.45. The minimum Gasteiger partial charge on any atom is -0.456 e. The quantitative estimate of drug-likeness (QED) is 0.347. The van der Waals surface area contributed by atoms with Gasteiger partial charge in [-0.15, -0.1) is 0 Å². The highest BCUT2D eigenvalue weighted by Gasteiger charge is 2.01. The lowest BCUT2D eigenvalue weighted by Crippen LogP contribution is -2.06. The molecule has 0 aromatic rings. The predicted octanol–water partition coefficient (Wildman–Crippen LogP) is 1.42. The van der Waals surface area contributed by atoms with Crippen LogP contribution in [0.15, 0.2) is 12.2 Å². The number of esters is 1. The Morgan fingerprint density at radius 3 is 2.91 bits per heavy atom. The molecule has 0 aromatic carbocycles. The molecule has 3 heteroatoms. The average Bonchev–Trinajstić information content (AvgIpc) is 1.99. The van der Waals surface area contributed by atoms with E-state index in [-0.39, 0.29) is 13.2 Å². The molecule has 0 rings (SSSR count). The summed E-state index contributed by atoms with van der Waals surface area (Å²) >= 11 is 0. The molecule has 11 heavy (non-hydrogen) atoms. The molecule has 0 saturated carbocycles. The van der Waals surface area contributed by atoms with Gasteiger partial charge in [0.25, 0.3) is 0 Å². The second kappa shape index (κ2) is 6.81. The van der Waals surface area contributed by atoms with Gasteiger partial charge in [0.2, 0.25) is 0 Å². The summed E-state index contributed by atoms with van der Waals surface area (Å²) in [4.78, 5) is 13.4. The van der Waals surface area contributed by atoms with E-state index in [0.717, 1.165) is 6.42 Å². The zero-order valence-electron chi connectivity index (χ0n) is 6.54. The van der Waals surface area contributed by atoms with Crippen LogP contribution in [-0.4, -0.2) is 19.1 Å². The highest BCUT2D eigenvalue weighted by Crippen LogP contribution is 1.83. The van der Waals surface area contributed by atoms with E-state index < -0.39 is 5.97 Å². The van der Waals surface area contributed by atoms with Gasteiger partial charge in [-0.05, 0) is 6.42 Å². The Labute approximate surface area is 66.5 Å². The van der Waals surface area contributed by atoms with Gasteiger partial charge in [-0.1, -0.05) is 19.1 Å². The summed E-state index contributed by atoms with van der Waals surface area (Å²) in [6.45, 7) is 8.45. The number of carbonyl (C=O) groups is 1. The number of nitrogens with zero attached hydrogens (tertiary/aromatic N) is 1. The Morgan fingerprint density at radius 2 is 2.36 bits per heavy atom. The fraction of sp³-hybridized carbons (Fsp3) is 0.500. The molecule has 60 valence electrons. The minimum atomic E-state index is -0.458. The fourth-order valence-corrected chi connectivity index (χ4v) is 0.486. The first-order chi connectivity index (χ1) is 5.31. The van der Waals surface area contributed by atoms with Crippen molar-refractivity contribution in [2.24, 2.45) is 0 Å². The van der Waals surface area contributed by atoms with Crippen LogP contribution in [0.5, 0.6) is 0 Å². The van der Waals surface area contributed by atoms with Crippen molar-refractivity contribution >= 4 is 5.97 Å². The molecule has 0 saturated heterocycles. The van der Waals surface area contributed by atoms with Crippen LogP contribution in [0, 0.1) is 6.57 Å². The SMILES string of the molecule is [C-]#[N+]CC(=O)OC/C=C/CC. The lowest BCUT2D eigenvalue weighted by molar-refractivity contribution is -0.139. The van der Waals surface area contributed by atoms with Gasteiger partial charge in [0.05, 0.1) is 0 Å². The molecule has 3 nitrogen and oxygen atoms in total. The highest BCUT2D eigenvalue weighted by molar-refractivity contribution is 5.73. The van der Waals surface area contributed by atoms with E-state index in [0.29, 0.717) is 0 Å². The van der Waals surface area contributed by atoms with Gasteiger partial charge in [-0.25, -0.2) is 11.4 Å². The van der Waals surface area contributed by atoms with Crippen LogP contribution in [0.4, 0.5) is 0 Å². The lowest BCUT2D eigenvalue weighted by atomic mass is 10.4. The van der Waals surface area contributed by atoms with Gasteiger partial charge in [0.15, 0.2) is 0 Å². The van der Waals surface area contributed by atoms with E-state index in [9.17, 15) is 4.79 Å². The highest BCUT2D eigenvalue weighted by atomic mass is 16.5. The molecule has 0 unspecified atom stereocenters. The van der Waals surface area contributed by atoms with Gasteiger partial charge < -0.3 is 9.58 Å². The number of ether oxygens (including phenoxy) is 1. The van der Waals surface area contributed by atoms with Crippen LogP contribution in [0.3, 0.4) is 0 Å². The molecule has 0 bridgehead atoms. The van der Waals surface area contributed by atoms with Crippen LogP contribution < -0.4 is 0 Å². The maximum atomic E-state index is 10.5. The molecule has 0 fully saturated rings. The third-order valence-corrected chi connectivity index (χ3v) is 0.951. The van der Waals surface area contributed by atoms with Gasteiger partial charge in [-0.3, -0.25) is 0 Å². The molecule has 0 radical (unpaired) electrons. The van der Waals surface area contributed by atoms with Crippen molar-refractivity contribution in [3.8, 4) is 0 Å². The summed E-state index contributed by atoms with van der Waals surface area (Å²) in [5.41, 5.74) is 0. The summed E-state index contributed by atoms with van der Waals surface area (Å²) in [5.74, 6) is -0.458. The maximum Gasteiger partial charge on any atom is 0.387 e. The summed E-state index contributed by atoms with van der Waals surface area (Å²) in [6.07, 6.45) is 4.60. The molecule has 0 aromatic heterocycles.